The minimum absolute atomic E-state index is 0.0284. The predicted molar refractivity (Wildman–Crippen MR) is 92.5 cm³/mol. The number of hydrogen-bond donors (Lipinski definition) is 1. The number of nitrogen functional groups attached to an aromatic ring is 1. The summed E-state index contributed by atoms with van der Waals surface area (Å²) in [5, 5.41) is 0.959. The van der Waals surface area contributed by atoms with Crippen LogP contribution in [0.25, 0.3) is 10.2 Å². The predicted octanol–water partition coefficient (Wildman–Crippen LogP) is 3.63. The Morgan fingerprint density at radius 3 is 2.73 bits per heavy atom. The summed E-state index contributed by atoms with van der Waals surface area (Å²) >= 11 is 1.44. The van der Waals surface area contributed by atoms with Crippen LogP contribution < -0.4 is 5.73 Å². The van der Waals surface area contributed by atoms with Crippen molar-refractivity contribution in [2.45, 2.75) is 46.0 Å². The molecule has 0 atom stereocenters. The van der Waals surface area contributed by atoms with Crippen LogP contribution in [0.4, 0.5) is 5.69 Å². The van der Waals surface area contributed by atoms with E-state index in [1.165, 1.54) is 41.9 Å². The molecule has 2 heterocycles. The monoisotopic (exact) mass is 317 g/mol. The number of rotatable bonds is 3. The van der Waals surface area contributed by atoms with E-state index in [1.54, 1.807) is 0 Å². The molecule has 1 amide bonds. The van der Waals surface area contributed by atoms with Gasteiger partial charge in [-0.25, -0.2) is 4.98 Å². The quantitative estimate of drug-likeness (QED) is 0.879. The van der Waals surface area contributed by atoms with Gasteiger partial charge in [-0.15, -0.1) is 11.3 Å². The summed E-state index contributed by atoms with van der Waals surface area (Å²) < 4.78 is 0. The molecular weight excluding hydrogens is 294 g/mol. The molecule has 0 saturated heterocycles. The zero-order valence-electron chi connectivity index (χ0n) is 13.3. The van der Waals surface area contributed by atoms with E-state index in [-0.39, 0.29) is 5.91 Å². The summed E-state index contributed by atoms with van der Waals surface area (Å²) in [4.78, 5) is 20.8. The van der Waals surface area contributed by atoms with Crippen molar-refractivity contribution in [2.24, 2.45) is 0 Å². The Kier molecular flexibility index (Phi) is 4.34. The lowest BCUT2D eigenvalue weighted by atomic mass is 10.1. The van der Waals surface area contributed by atoms with E-state index in [0.717, 1.165) is 23.1 Å². The van der Waals surface area contributed by atoms with Gasteiger partial charge in [0.1, 0.15) is 9.71 Å². The van der Waals surface area contributed by atoms with Crippen LogP contribution in [-0.2, 0) is 12.8 Å². The van der Waals surface area contributed by atoms with Crippen LogP contribution >= 0.6 is 11.3 Å². The Balaban J connectivity index is 2.07. The molecule has 0 fully saturated rings. The Bertz CT molecular complexity index is 703. The van der Waals surface area contributed by atoms with Crippen LogP contribution in [0.5, 0.6) is 0 Å². The molecule has 2 aromatic rings. The second-order valence-electron chi connectivity index (χ2n) is 5.83. The van der Waals surface area contributed by atoms with Gasteiger partial charge in [-0.3, -0.25) is 4.79 Å². The minimum atomic E-state index is 0.0284. The first-order chi connectivity index (χ1) is 10.7. The highest BCUT2D eigenvalue weighted by atomic mass is 32.1. The van der Waals surface area contributed by atoms with Crippen molar-refractivity contribution in [3.63, 3.8) is 0 Å². The molecule has 1 aliphatic rings. The molecule has 3 rings (SSSR count). The summed E-state index contributed by atoms with van der Waals surface area (Å²) in [6.07, 6.45) is 5.81. The number of carbonyl (C=O) groups is 1. The number of anilines is 1. The molecule has 1 aliphatic carbocycles. The van der Waals surface area contributed by atoms with Crippen LogP contribution in [0.2, 0.25) is 0 Å². The summed E-state index contributed by atoms with van der Waals surface area (Å²) in [6, 6.07) is 2.17. The highest BCUT2D eigenvalue weighted by Gasteiger charge is 2.22. The fraction of sp³-hybridized carbons (Fsp3) is 0.529. The second-order valence-corrected chi connectivity index (χ2v) is 6.83. The smallest absolute Gasteiger partial charge is 0.266 e. The zero-order chi connectivity index (χ0) is 15.7. The normalized spacial score (nSPS) is 14.6. The molecule has 4 nitrogen and oxygen atoms in total. The van der Waals surface area contributed by atoms with Gasteiger partial charge < -0.3 is 10.6 Å². The van der Waals surface area contributed by atoms with Gasteiger partial charge in [0.05, 0.1) is 5.69 Å². The molecule has 0 bridgehead atoms. The number of amides is 1. The second kappa shape index (κ2) is 6.24. The fourth-order valence-electron chi connectivity index (χ4n) is 3.15. The van der Waals surface area contributed by atoms with Crippen molar-refractivity contribution in [1.29, 1.82) is 0 Å². The third-order valence-electron chi connectivity index (χ3n) is 4.49. The van der Waals surface area contributed by atoms with Gasteiger partial charge >= 0.3 is 0 Å². The number of aromatic nitrogens is 1. The van der Waals surface area contributed by atoms with Gasteiger partial charge in [-0.2, -0.15) is 0 Å². The molecule has 0 radical (unpaired) electrons. The average Bonchev–Trinajstić information content (AvgIpc) is 2.70. The van der Waals surface area contributed by atoms with Gasteiger partial charge in [0.25, 0.3) is 5.91 Å². The molecule has 0 unspecified atom stereocenters. The molecule has 2 N–H and O–H groups in total. The number of hydrogen-bond acceptors (Lipinski definition) is 4. The molecule has 118 valence electrons. The molecule has 0 saturated carbocycles. The van der Waals surface area contributed by atoms with Crippen LogP contribution in [0.1, 0.15) is 54.0 Å². The van der Waals surface area contributed by atoms with Crippen LogP contribution in [0.3, 0.4) is 0 Å². The highest BCUT2D eigenvalue weighted by molar-refractivity contribution is 7.21. The molecule has 2 aromatic heterocycles. The first-order valence-corrected chi connectivity index (χ1v) is 8.97. The van der Waals surface area contributed by atoms with Gasteiger partial charge in [-0.05, 0) is 51.2 Å². The summed E-state index contributed by atoms with van der Waals surface area (Å²) in [5.41, 5.74) is 9.41. The van der Waals surface area contributed by atoms with E-state index in [2.05, 4.69) is 6.07 Å². The van der Waals surface area contributed by atoms with Gasteiger partial charge in [0, 0.05) is 24.2 Å². The first-order valence-electron chi connectivity index (χ1n) is 8.15. The Labute approximate surface area is 135 Å². The number of aryl methyl sites for hydroxylation is 2. The van der Waals surface area contributed by atoms with Crippen LogP contribution in [-0.4, -0.2) is 28.9 Å². The molecule has 0 spiro atoms. The summed E-state index contributed by atoms with van der Waals surface area (Å²) in [7, 11) is 0. The van der Waals surface area contributed by atoms with E-state index in [1.807, 2.05) is 18.7 Å². The van der Waals surface area contributed by atoms with Crippen LogP contribution in [0.15, 0.2) is 6.07 Å². The SMILES string of the molecule is CCN(CC)C(=O)c1sc2nc3c(cc2c1N)CCCCC3. The first kappa shape index (κ1) is 15.3. The summed E-state index contributed by atoms with van der Waals surface area (Å²) in [5.74, 6) is 0.0284. The number of nitrogens with two attached hydrogens (primary N) is 1. The third-order valence-corrected chi connectivity index (χ3v) is 5.60. The number of carbonyl (C=O) groups excluding carboxylic acids is 1. The third kappa shape index (κ3) is 2.58. The average molecular weight is 317 g/mol. The van der Waals surface area contributed by atoms with Gasteiger partial charge in [0.15, 0.2) is 0 Å². The van der Waals surface area contributed by atoms with Crippen molar-refractivity contribution >= 4 is 33.1 Å². The number of nitrogens with zero attached hydrogens (tertiary/aromatic N) is 2. The molecule has 22 heavy (non-hydrogen) atoms. The van der Waals surface area contributed by atoms with Crippen molar-refractivity contribution in [3.05, 3.63) is 22.2 Å². The maximum Gasteiger partial charge on any atom is 0.266 e. The van der Waals surface area contributed by atoms with E-state index >= 15 is 0 Å². The Morgan fingerprint density at radius 2 is 2.00 bits per heavy atom. The number of pyridine rings is 1. The Morgan fingerprint density at radius 1 is 1.27 bits per heavy atom. The largest absolute Gasteiger partial charge is 0.397 e. The van der Waals surface area contributed by atoms with Gasteiger partial charge in [0.2, 0.25) is 0 Å². The number of fused-ring (bicyclic) bond motifs is 2. The fourth-order valence-corrected chi connectivity index (χ4v) is 4.21. The zero-order valence-corrected chi connectivity index (χ0v) is 14.1. The topological polar surface area (TPSA) is 59.2 Å². The standard InChI is InChI=1S/C17H23N3OS/c1-3-20(4-2)17(21)15-14(18)12-10-11-8-6-5-7-9-13(11)19-16(12)22-15/h10H,3-9,18H2,1-2H3. The maximum atomic E-state index is 12.6. The molecular formula is C17H23N3OS. The lowest BCUT2D eigenvalue weighted by Gasteiger charge is -2.17. The highest BCUT2D eigenvalue weighted by Crippen LogP contribution is 2.35. The van der Waals surface area contributed by atoms with E-state index < -0.39 is 0 Å². The van der Waals surface area contributed by atoms with Crippen molar-refractivity contribution < 1.29 is 4.79 Å². The van der Waals surface area contributed by atoms with Crippen molar-refractivity contribution in [3.8, 4) is 0 Å². The van der Waals surface area contributed by atoms with Crippen LogP contribution in [0, 0.1) is 0 Å². The number of thiophene rings is 1. The van der Waals surface area contributed by atoms with Gasteiger partial charge in [-0.1, -0.05) is 6.42 Å². The summed E-state index contributed by atoms with van der Waals surface area (Å²) in [6.45, 7) is 5.39. The van der Waals surface area contributed by atoms with Crippen molar-refractivity contribution in [1.82, 2.24) is 9.88 Å². The van der Waals surface area contributed by atoms with E-state index in [4.69, 9.17) is 10.7 Å². The molecule has 0 aromatic carbocycles. The molecule has 0 aliphatic heterocycles. The molecule has 5 heteroatoms. The minimum Gasteiger partial charge on any atom is -0.397 e. The van der Waals surface area contributed by atoms with Crippen molar-refractivity contribution in [2.75, 3.05) is 18.8 Å². The lowest BCUT2D eigenvalue weighted by Crippen LogP contribution is -2.30. The Hall–Kier alpha value is -1.62. The lowest BCUT2D eigenvalue weighted by molar-refractivity contribution is 0.0779. The maximum absolute atomic E-state index is 12.6. The van der Waals surface area contributed by atoms with E-state index in [9.17, 15) is 4.79 Å². The van der Waals surface area contributed by atoms with E-state index in [0.29, 0.717) is 23.7 Å².